The summed E-state index contributed by atoms with van der Waals surface area (Å²) in [5.74, 6) is 0.828. The second-order valence-electron chi connectivity index (χ2n) is 11.5. The molecule has 0 bridgehead atoms. The van der Waals surface area contributed by atoms with Gasteiger partial charge in [-0.15, -0.1) is 5.10 Å². The van der Waals surface area contributed by atoms with Crippen molar-refractivity contribution < 1.29 is 4.74 Å². The molecule has 0 fully saturated rings. The van der Waals surface area contributed by atoms with Gasteiger partial charge in [-0.25, -0.2) is 4.68 Å². The number of ether oxygens (including phenoxy) is 1. The van der Waals surface area contributed by atoms with Crippen LogP contribution >= 0.6 is 0 Å². The molecule has 0 saturated carbocycles. The number of rotatable bonds is 10. The van der Waals surface area contributed by atoms with Gasteiger partial charge in [-0.1, -0.05) is 157 Å². The van der Waals surface area contributed by atoms with Gasteiger partial charge in [0.25, 0.3) is 0 Å². The van der Waals surface area contributed by atoms with Crippen LogP contribution in [0.2, 0.25) is 0 Å². The third kappa shape index (κ3) is 6.93. The highest BCUT2D eigenvalue weighted by Gasteiger charge is 2.21. The fourth-order valence-electron chi connectivity index (χ4n) is 5.99. The first kappa shape index (κ1) is 30.4. The molecule has 48 heavy (non-hydrogen) atoms. The predicted octanol–water partition coefficient (Wildman–Crippen LogP) is 10.2. The smallest absolute Gasteiger partial charge is 0.118 e. The molecular formula is C44H35N3O. The zero-order valence-electron chi connectivity index (χ0n) is 26.8. The van der Waals surface area contributed by atoms with E-state index in [1.54, 1.807) is 7.11 Å². The number of nitrogens with zero attached hydrogens (tertiary/aromatic N) is 3. The minimum absolute atomic E-state index is 0.589. The van der Waals surface area contributed by atoms with Crippen molar-refractivity contribution in [2.45, 2.75) is 6.54 Å². The van der Waals surface area contributed by atoms with E-state index in [-0.39, 0.29) is 0 Å². The molecule has 4 nitrogen and oxygen atoms in total. The van der Waals surface area contributed by atoms with Gasteiger partial charge in [0, 0.05) is 5.56 Å². The van der Waals surface area contributed by atoms with Crippen LogP contribution in [0.15, 0.2) is 170 Å². The molecule has 7 rings (SSSR count). The Morgan fingerprint density at radius 1 is 0.562 bits per heavy atom. The lowest BCUT2D eigenvalue weighted by molar-refractivity contribution is 0.414. The maximum Gasteiger partial charge on any atom is 0.118 e. The van der Waals surface area contributed by atoms with E-state index in [1.165, 1.54) is 0 Å². The van der Waals surface area contributed by atoms with Gasteiger partial charge in [0.05, 0.1) is 19.9 Å². The second-order valence-corrected chi connectivity index (χ2v) is 11.5. The first-order valence-electron chi connectivity index (χ1n) is 16.1. The number of benzene rings is 6. The van der Waals surface area contributed by atoms with Crippen molar-refractivity contribution in [1.82, 2.24) is 15.0 Å². The summed E-state index contributed by atoms with van der Waals surface area (Å²) in [5.41, 5.74) is 11.8. The lowest BCUT2D eigenvalue weighted by Gasteiger charge is -2.19. The van der Waals surface area contributed by atoms with Gasteiger partial charge in [-0.2, -0.15) is 0 Å². The summed E-state index contributed by atoms with van der Waals surface area (Å²) in [6.07, 6.45) is 6.59. The molecule has 0 aliphatic rings. The largest absolute Gasteiger partial charge is 0.497 e. The van der Waals surface area contributed by atoms with E-state index in [0.717, 1.165) is 67.1 Å². The minimum Gasteiger partial charge on any atom is -0.497 e. The van der Waals surface area contributed by atoms with Gasteiger partial charge in [-0.05, 0) is 74.4 Å². The number of methoxy groups -OCH3 is 1. The highest BCUT2D eigenvalue weighted by Crippen LogP contribution is 2.40. The van der Waals surface area contributed by atoms with E-state index >= 15 is 0 Å². The van der Waals surface area contributed by atoms with Crippen molar-refractivity contribution in [3.63, 3.8) is 0 Å². The molecule has 4 heteroatoms. The van der Waals surface area contributed by atoms with Crippen LogP contribution in [-0.4, -0.2) is 22.1 Å². The lowest BCUT2D eigenvalue weighted by atomic mass is 9.84. The highest BCUT2D eigenvalue weighted by molar-refractivity contribution is 6.03. The lowest BCUT2D eigenvalue weighted by Crippen LogP contribution is -2.00. The van der Waals surface area contributed by atoms with Crippen LogP contribution in [0, 0.1) is 0 Å². The Bertz CT molecular complexity index is 2040. The van der Waals surface area contributed by atoms with Crippen molar-refractivity contribution in [3.8, 4) is 17.0 Å². The molecule has 232 valence electrons. The molecule has 1 heterocycles. The van der Waals surface area contributed by atoms with Gasteiger partial charge < -0.3 is 4.74 Å². The van der Waals surface area contributed by atoms with Crippen LogP contribution in [0.3, 0.4) is 0 Å². The molecule has 6 aromatic carbocycles. The van der Waals surface area contributed by atoms with Crippen molar-refractivity contribution >= 4 is 23.3 Å². The topological polar surface area (TPSA) is 39.9 Å². The third-order valence-corrected chi connectivity index (χ3v) is 8.33. The average molecular weight is 622 g/mol. The molecule has 7 aromatic rings. The van der Waals surface area contributed by atoms with Crippen LogP contribution in [0.5, 0.6) is 5.75 Å². The molecule has 0 unspecified atom stereocenters. The molecule has 0 amide bonds. The van der Waals surface area contributed by atoms with E-state index < -0.39 is 0 Å². The summed E-state index contributed by atoms with van der Waals surface area (Å²) in [5, 5.41) is 9.48. The fourth-order valence-corrected chi connectivity index (χ4v) is 5.99. The summed E-state index contributed by atoms with van der Waals surface area (Å²) in [6, 6.07) is 56.8. The highest BCUT2D eigenvalue weighted by atomic mass is 16.5. The van der Waals surface area contributed by atoms with Gasteiger partial charge in [0.15, 0.2) is 0 Å². The Morgan fingerprint density at radius 3 is 1.52 bits per heavy atom. The Kier molecular flexibility index (Phi) is 9.15. The molecule has 1 aromatic heterocycles. The number of hydrogen-bond donors (Lipinski definition) is 0. The Morgan fingerprint density at radius 2 is 1.04 bits per heavy atom. The summed E-state index contributed by atoms with van der Waals surface area (Å²) in [7, 11) is 1.68. The molecule has 0 atom stereocenters. The summed E-state index contributed by atoms with van der Waals surface area (Å²) < 4.78 is 7.27. The van der Waals surface area contributed by atoms with E-state index in [9.17, 15) is 0 Å². The van der Waals surface area contributed by atoms with Crippen LogP contribution in [0.1, 0.15) is 38.9 Å². The van der Waals surface area contributed by atoms with Gasteiger partial charge in [-0.3, -0.25) is 0 Å². The fraction of sp³-hybridized carbons (Fsp3) is 0.0455. The minimum atomic E-state index is 0.589. The van der Waals surface area contributed by atoms with Crippen molar-refractivity contribution in [2.24, 2.45) is 0 Å². The molecule has 0 N–H and O–H groups in total. The zero-order chi connectivity index (χ0) is 32.5. The second kappa shape index (κ2) is 14.4. The normalized spacial score (nSPS) is 11.8. The Labute approximate surface area is 281 Å². The Balaban J connectivity index is 1.46. The predicted molar refractivity (Wildman–Crippen MR) is 197 cm³/mol. The third-order valence-electron chi connectivity index (χ3n) is 8.33. The molecule has 0 saturated heterocycles. The molecule has 0 aliphatic heterocycles. The first-order chi connectivity index (χ1) is 23.7. The van der Waals surface area contributed by atoms with Crippen molar-refractivity contribution in [3.05, 3.63) is 209 Å². The van der Waals surface area contributed by atoms with E-state index in [0.29, 0.717) is 6.54 Å². The number of hydrogen-bond acceptors (Lipinski definition) is 3. The summed E-state index contributed by atoms with van der Waals surface area (Å²) in [6.45, 7) is 0.589. The standard InChI is InChI=1S/C44H35N3O/c1-48-38-27-25-35(26-28-38)31-47-32-43(45-46-47)44-39(41(36-19-10-4-11-20-36)29-33-15-6-2-7-16-33)23-14-24-40(44)42(37-21-12-5-13-22-37)30-34-17-8-3-9-18-34/h2-30,32H,31H2,1H3/b41-29+,42-30+. The van der Waals surface area contributed by atoms with E-state index in [4.69, 9.17) is 9.84 Å². The number of aromatic nitrogens is 3. The SMILES string of the molecule is COc1ccc(Cn2cc(-c3c(/C(=C/c4ccccc4)c4ccccc4)cccc3/C(=C/c3ccccc3)c3ccccc3)nn2)cc1. The van der Waals surface area contributed by atoms with Crippen LogP contribution < -0.4 is 4.74 Å². The van der Waals surface area contributed by atoms with E-state index in [1.807, 2.05) is 28.9 Å². The van der Waals surface area contributed by atoms with Gasteiger partial charge in [0.1, 0.15) is 11.4 Å². The summed E-state index contributed by atoms with van der Waals surface area (Å²) in [4.78, 5) is 0. The Hall–Kier alpha value is -6.26. The molecule has 0 spiro atoms. The molecule has 0 radical (unpaired) electrons. The van der Waals surface area contributed by atoms with Crippen molar-refractivity contribution in [1.29, 1.82) is 0 Å². The molecule has 0 aliphatic carbocycles. The van der Waals surface area contributed by atoms with Crippen molar-refractivity contribution in [2.75, 3.05) is 7.11 Å². The average Bonchev–Trinajstić information content (AvgIpc) is 3.62. The van der Waals surface area contributed by atoms with Crippen LogP contribution in [-0.2, 0) is 6.54 Å². The van der Waals surface area contributed by atoms with Crippen LogP contribution in [0.4, 0.5) is 0 Å². The summed E-state index contributed by atoms with van der Waals surface area (Å²) >= 11 is 0. The van der Waals surface area contributed by atoms with E-state index in [2.05, 4.69) is 163 Å². The van der Waals surface area contributed by atoms with Crippen LogP contribution in [0.25, 0.3) is 34.6 Å². The van der Waals surface area contributed by atoms with Gasteiger partial charge in [0.2, 0.25) is 0 Å². The first-order valence-corrected chi connectivity index (χ1v) is 16.1. The maximum atomic E-state index is 5.37. The van der Waals surface area contributed by atoms with Gasteiger partial charge >= 0.3 is 0 Å². The molecular weight excluding hydrogens is 587 g/mol. The maximum absolute atomic E-state index is 5.37. The quantitative estimate of drug-likeness (QED) is 0.143. The zero-order valence-corrected chi connectivity index (χ0v) is 26.8. The monoisotopic (exact) mass is 621 g/mol.